The van der Waals surface area contributed by atoms with Crippen LogP contribution in [0.15, 0.2) is 16.9 Å². The molecule has 4 heteroatoms. The Morgan fingerprint density at radius 2 is 2.67 bits per heavy atom. The number of rotatable bonds is 3. The second kappa shape index (κ2) is 3.09. The third-order valence-electron chi connectivity index (χ3n) is 0.856. The van der Waals surface area contributed by atoms with Crippen LogP contribution in [0, 0.1) is 0 Å². The highest BCUT2D eigenvalue weighted by molar-refractivity contribution is 5.29. The van der Waals surface area contributed by atoms with Crippen molar-refractivity contribution in [3.05, 3.63) is 12.3 Å². The Morgan fingerprint density at radius 1 is 1.78 bits per heavy atom. The van der Waals surface area contributed by atoms with Gasteiger partial charge in [0.05, 0.1) is 6.61 Å². The van der Waals surface area contributed by atoms with Crippen molar-refractivity contribution >= 4 is 5.82 Å². The van der Waals surface area contributed by atoms with Gasteiger partial charge in [0.15, 0.2) is 5.82 Å². The quantitative estimate of drug-likeness (QED) is 0.605. The van der Waals surface area contributed by atoms with Crippen molar-refractivity contribution < 1.29 is 9.63 Å². The average molecular weight is 128 g/mol. The number of aliphatic hydroxyl groups is 1. The van der Waals surface area contributed by atoms with E-state index in [1.807, 2.05) is 0 Å². The van der Waals surface area contributed by atoms with E-state index in [0.717, 1.165) is 0 Å². The van der Waals surface area contributed by atoms with Crippen LogP contribution in [-0.2, 0) is 0 Å². The maximum Gasteiger partial charge on any atom is 0.169 e. The van der Waals surface area contributed by atoms with Crippen molar-refractivity contribution in [2.45, 2.75) is 0 Å². The Balaban J connectivity index is 2.30. The molecule has 1 aromatic heterocycles. The van der Waals surface area contributed by atoms with Crippen LogP contribution in [0.25, 0.3) is 0 Å². The zero-order valence-corrected chi connectivity index (χ0v) is 4.87. The molecule has 50 valence electrons. The summed E-state index contributed by atoms with van der Waals surface area (Å²) in [5, 5.41) is 14.7. The number of hydrogen-bond donors (Lipinski definition) is 2. The van der Waals surface area contributed by atoms with Gasteiger partial charge in [-0.2, -0.15) is 0 Å². The van der Waals surface area contributed by atoms with Gasteiger partial charge < -0.3 is 14.9 Å². The summed E-state index contributed by atoms with van der Waals surface area (Å²) in [6, 6.07) is 1.69. The van der Waals surface area contributed by atoms with Crippen molar-refractivity contribution in [2.75, 3.05) is 18.5 Å². The molecule has 1 aromatic rings. The summed E-state index contributed by atoms with van der Waals surface area (Å²) in [5.41, 5.74) is 0. The highest BCUT2D eigenvalue weighted by Crippen LogP contribution is 1.98. The van der Waals surface area contributed by atoms with Crippen molar-refractivity contribution in [3.63, 3.8) is 0 Å². The van der Waals surface area contributed by atoms with Gasteiger partial charge in [-0.25, -0.2) is 0 Å². The predicted octanol–water partition coefficient (Wildman–Crippen LogP) is 0.0788. The number of nitrogens with one attached hydrogen (secondary N) is 1. The molecule has 0 amide bonds. The lowest BCUT2D eigenvalue weighted by Gasteiger charge is -1.94. The van der Waals surface area contributed by atoms with Crippen LogP contribution in [0.3, 0.4) is 0 Å². The topological polar surface area (TPSA) is 58.3 Å². The van der Waals surface area contributed by atoms with Crippen LogP contribution in [0.4, 0.5) is 5.82 Å². The van der Waals surface area contributed by atoms with Crippen LogP contribution in [0.2, 0.25) is 0 Å². The van der Waals surface area contributed by atoms with Crippen LogP contribution < -0.4 is 5.32 Å². The molecular weight excluding hydrogens is 120 g/mol. The fraction of sp³-hybridized carbons (Fsp3) is 0.400. The summed E-state index contributed by atoms with van der Waals surface area (Å²) in [6.45, 7) is 0.611. The highest BCUT2D eigenvalue weighted by atomic mass is 16.5. The minimum atomic E-state index is 0.104. The number of aromatic nitrogens is 1. The summed E-state index contributed by atoms with van der Waals surface area (Å²) < 4.78 is 4.52. The SMILES string of the molecule is OCCNc1ccon1. The summed E-state index contributed by atoms with van der Waals surface area (Å²) >= 11 is 0. The largest absolute Gasteiger partial charge is 0.395 e. The van der Waals surface area contributed by atoms with E-state index in [1.165, 1.54) is 6.26 Å². The van der Waals surface area contributed by atoms with E-state index in [-0.39, 0.29) is 6.61 Å². The minimum absolute atomic E-state index is 0.104. The number of hydrogen-bond acceptors (Lipinski definition) is 4. The fourth-order valence-electron chi connectivity index (χ4n) is 0.488. The third-order valence-corrected chi connectivity index (χ3v) is 0.856. The minimum Gasteiger partial charge on any atom is -0.395 e. The normalized spacial score (nSPS) is 9.44. The monoisotopic (exact) mass is 128 g/mol. The first kappa shape index (κ1) is 6.10. The van der Waals surface area contributed by atoms with Gasteiger partial charge >= 0.3 is 0 Å². The lowest BCUT2D eigenvalue weighted by Crippen LogP contribution is -2.04. The molecule has 1 heterocycles. The van der Waals surface area contributed by atoms with E-state index in [4.69, 9.17) is 5.11 Å². The first-order valence-corrected chi connectivity index (χ1v) is 2.68. The first-order valence-electron chi connectivity index (χ1n) is 2.68. The molecule has 0 saturated carbocycles. The zero-order valence-electron chi connectivity index (χ0n) is 4.87. The Morgan fingerprint density at radius 3 is 3.22 bits per heavy atom. The number of anilines is 1. The van der Waals surface area contributed by atoms with E-state index in [1.54, 1.807) is 6.07 Å². The molecule has 0 unspecified atom stereocenters. The van der Waals surface area contributed by atoms with Crippen LogP contribution >= 0.6 is 0 Å². The molecule has 9 heavy (non-hydrogen) atoms. The molecule has 4 nitrogen and oxygen atoms in total. The predicted molar refractivity (Wildman–Crippen MR) is 32.1 cm³/mol. The summed E-state index contributed by atoms with van der Waals surface area (Å²) in [5.74, 6) is 0.657. The Kier molecular flexibility index (Phi) is 2.09. The zero-order chi connectivity index (χ0) is 6.53. The van der Waals surface area contributed by atoms with Crippen LogP contribution in [-0.4, -0.2) is 23.4 Å². The summed E-state index contributed by atoms with van der Waals surface area (Å²) in [7, 11) is 0. The molecular formula is C5H8N2O2. The highest BCUT2D eigenvalue weighted by Gasteiger charge is 1.90. The van der Waals surface area contributed by atoms with Gasteiger partial charge in [0.2, 0.25) is 0 Å². The number of aliphatic hydroxyl groups excluding tert-OH is 1. The van der Waals surface area contributed by atoms with Gasteiger partial charge in [0.25, 0.3) is 0 Å². The molecule has 1 rings (SSSR count). The van der Waals surface area contributed by atoms with Gasteiger partial charge in [-0.05, 0) is 0 Å². The lowest BCUT2D eigenvalue weighted by molar-refractivity contribution is 0.310. The lowest BCUT2D eigenvalue weighted by atomic mass is 10.6. The molecule has 0 aliphatic carbocycles. The summed E-state index contributed by atoms with van der Waals surface area (Å²) in [4.78, 5) is 0. The third kappa shape index (κ3) is 1.73. The molecule has 0 spiro atoms. The molecule has 0 aliphatic rings. The maximum absolute atomic E-state index is 8.34. The standard InChI is InChI=1S/C5H8N2O2/c8-3-2-6-5-1-4-9-7-5/h1,4,8H,2-3H2,(H,6,7). The van der Waals surface area contributed by atoms with E-state index in [9.17, 15) is 0 Å². The molecule has 0 atom stereocenters. The van der Waals surface area contributed by atoms with Gasteiger partial charge in [0, 0.05) is 12.6 Å². The molecule has 2 N–H and O–H groups in total. The van der Waals surface area contributed by atoms with Crippen molar-refractivity contribution in [1.82, 2.24) is 5.16 Å². The van der Waals surface area contributed by atoms with Crippen molar-refractivity contribution in [3.8, 4) is 0 Å². The molecule has 0 fully saturated rings. The van der Waals surface area contributed by atoms with Crippen LogP contribution in [0.1, 0.15) is 0 Å². The second-order valence-electron chi connectivity index (χ2n) is 1.54. The van der Waals surface area contributed by atoms with Gasteiger partial charge in [-0.1, -0.05) is 5.16 Å². The van der Waals surface area contributed by atoms with Crippen LogP contribution in [0.5, 0.6) is 0 Å². The number of nitrogens with zero attached hydrogens (tertiary/aromatic N) is 1. The van der Waals surface area contributed by atoms with E-state index in [0.29, 0.717) is 12.4 Å². The Labute approximate surface area is 52.5 Å². The fourth-order valence-corrected chi connectivity index (χ4v) is 0.488. The smallest absolute Gasteiger partial charge is 0.169 e. The van der Waals surface area contributed by atoms with Gasteiger partial charge in [-0.15, -0.1) is 0 Å². The Bertz CT molecular complexity index is 150. The van der Waals surface area contributed by atoms with Crippen molar-refractivity contribution in [2.24, 2.45) is 0 Å². The van der Waals surface area contributed by atoms with E-state index >= 15 is 0 Å². The average Bonchev–Trinajstić information content (AvgIpc) is 2.34. The second-order valence-corrected chi connectivity index (χ2v) is 1.54. The van der Waals surface area contributed by atoms with Gasteiger partial charge in [-0.3, -0.25) is 0 Å². The summed E-state index contributed by atoms with van der Waals surface area (Å²) in [6.07, 6.45) is 1.47. The first-order chi connectivity index (χ1) is 4.43. The molecule has 0 aromatic carbocycles. The van der Waals surface area contributed by atoms with Crippen molar-refractivity contribution in [1.29, 1.82) is 0 Å². The van der Waals surface area contributed by atoms with Gasteiger partial charge in [0.1, 0.15) is 6.26 Å². The van der Waals surface area contributed by atoms with E-state index in [2.05, 4.69) is 15.0 Å². The Hall–Kier alpha value is -1.03. The maximum atomic E-state index is 8.34. The van der Waals surface area contributed by atoms with E-state index < -0.39 is 0 Å². The molecule has 0 aliphatic heterocycles. The molecule has 0 radical (unpaired) electrons. The molecule has 0 saturated heterocycles. The molecule has 0 bridgehead atoms.